The number of hydrogen-bond donors (Lipinski definition) is 2. The van der Waals surface area contributed by atoms with E-state index in [9.17, 15) is 19.2 Å². The smallest absolute Gasteiger partial charge is 0.332 e. The van der Waals surface area contributed by atoms with Gasteiger partial charge < -0.3 is 20.1 Å². The average molecular weight is 545 g/mol. The van der Waals surface area contributed by atoms with Crippen LogP contribution in [0.5, 0.6) is 11.5 Å². The van der Waals surface area contributed by atoms with Crippen LogP contribution in [-0.2, 0) is 24.4 Å². The first-order chi connectivity index (χ1) is 19.2. The lowest BCUT2D eigenvalue weighted by molar-refractivity contribution is -0.121. The molecule has 2 N–H and O–H groups in total. The molecule has 10 heteroatoms. The molecule has 0 unspecified atom stereocenters. The van der Waals surface area contributed by atoms with Crippen LogP contribution in [0.4, 0.5) is 0 Å². The number of methoxy groups -OCH3 is 2. The predicted molar refractivity (Wildman–Crippen MR) is 152 cm³/mol. The summed E-state index contributed by atoms with van der Waals surface area (Å²) in [5.74, 6) is 0.0280. The summed E-state index contributed by atoms with van der Waals surface area (Å²) in [6.45, 7) is 3.66. The summed E-state index contributed by atoms with van der Waals surface area (Å²) in [6, 6.07) is 19.1. The zero-order valence-corrected chi connectivity index (χ0v) is 22.9. The second-order valence-electron chi connectivity index (χ2n) is 9.57. The molecule has 0 aliphatic carbocycles. The Kier molecular flexibility index (Phi) is 8.68. The van der Waals surface area contributed by atoms with E-state index in [0.717, 1.165) is 10.1 Å². The van der Waals surface area contributed by atoms with Crippen LogP contribution < -0.4 is 31.4 Å². The Hall–Kier alpha value is -4.86. The van der Waals surface area contributed by atoms with Crippen LogP contribution in [0.2, 0.25) is 0 Å². The lowest BCUT2D eigenvalue weighted by Crippen LogP contribution is -2.42. The number of aromatic nitrogens is 2. The van der Waals surface area contributed by atoms with Crippen LogP contribution >= 0.6 is 0 Å². The molecule has 40 heavy (non-hydrogen) atoms. The Morgan fingerprint density at radius 1 is 0.850 bits per heavy atom. The number of hydrogen-bond acceptors (Lipinski definition) is 6. The van der Waals surface area contributed by atoms with Crippen molar-refractivity contribution in [1.29, 1.82) is 0 Å². The number of amides is 2. The summed E-state index contributed by atoms with van der Waals surface area (Å²) >= 11 is 0. The molecule has 4 aromatic rings. The van der Waals surface area contributed by atoms with E-state index in [0.29, 0.717) is 29.2 Å². The van der Waals surface area contributed by atoms with E-state index in [1.54, 1.807) is 24.3 Å². The molecule has 0 aliphatic heterocycles. The topological polar surface area (TPSA) is 121 Å². The zero-order valence-electron chi connectivity index (χ0n) is 22.9. The van der Waals surface area contributed by atoms with E-state index in [2.05, 4.69) is 10.6 Å². The van der Waals surface area contributed by atoms with Gasteiger partial charge in [0.2, 0.25) is 5.91 Å². The Labute approximate surface area is 231 Å². The van der Waals surface area contributed by atoms with Crippen LogP contribution in [0.25, 0.3) is 10.9 Å². The number of rotatable bonds is 10. The van der Waals surface area contributed by atoms with Crippen molar-refractivity contribution in [2.45, 2.75) is 39.5 Å². The average Bonchev–Trinajstić information content (AvgIpc) is 2.96. The largest absolute Gasteiger partial charge is 0.493 e. The van der Waals surface area contributed by atoms with Gasteiger partial charge in [0.25, 0.3) is 11.5 Å². The number of carbonyl (C=O) groups excluding carboxylic acids is 2. The van der Waals surface area contributed by atoms with Gasteiger partial charge in [-0.25, -0.2) is 4.79 Å². The predicted octanol–water partition coefficient (Wildman–Crippen LogP) is 2.68. The highest BCUT2D eigenvalue weighted by Crippen LogP contribution is 2.30. The maximum absolute atomic E-state index is 13.7. The van der Waals surface area contributed by atoms with Crippen LogP contribution in [0.3, 0.4) is 0 Å². The van der Waals surface area contributed by atoms with Gasteiger partial charge in [0, 0.05) is 24.2 Å². The van der Waals surface area contributed by atoms with Gasteiger partial charge in [-0.05, 0) is 43.2 Å². The Morgan fingerprint density at radius 2 is 1.50 bits per heavy atom. The summed E-state index contributed by atoms with van der Waals surface area (Å²) in [5.41, 5.74) is 1.08. The lowest BCUT2D eigenvalue weighted by Gasteiger charge is -2.16. The summed E-state index contributed by atoms with van der Waals surface area (Å²) in [5, 5.41) is 5.85. The van der Waals surface area contributed by atoms with Crippen molar-refractivity contribution >= 4 is 22.7 Å². The van der Waals surface area contributed by atoms with Crippen LogP contribution in [0.15, 0.2) is 76.3 Å². The number of nitrogens with one attached hydrogen (secondary N) is 2. The van der Waals surface area contributed by atoms with E-state index in [-0.39, 0.29) is 35.9 Å². The van der Waals surface area contributed by atoms with E-state index >= 15 is 0 Å². The fraction of sp³-hybridized carbons (Fsp3) is 0.267. The van der Waals surface area contributed by atoms with Gasteiger partial charge in [-0.1, -0.05) is 42.5 Å². The van der Waals surface area contributed by atoms with Gasteiger partial charge in [-0.2, -0.15) is 0 Å². The van der Waals surface area contributed by atoms with Crippen molar-refractivity contribution < 1.29 is 19.1 Å². The minimum Gasteiger partial charge on any atom is -0.493 e. The summed E-state index contributed by atoms with van der Waals surface area (Å²) in [7, 11) is 2.90. The van der Waals surface area contributed by atoms with Gasteiger partial charge in [0.05, 0.1) is 31.7 Å². The van der Waals surface area contributed by atoms with Crippen LogP contribution in [-0.4, -0.2) is 41.2 Å². The zero-order chi connectivity index (χ0) is 28.8. The van der Waals surface area contributed by atoms with Gasteiger partial charge in [0.1, 0.15) is 6.54 Å². The highest BCUT2D eigenvalue weighted by atomic mass is 16.5. The van der Waals surface area contributed by atoms with Gasteiger partial charge >= 0.3 is 5.69 Å². The number of nitrogens with zero attached hydrogens (tertiary/aromatic N) is 2. The van der Waals surface area contributed by atoms with Crippen molar-refractivity contribution in [3.8, 4) is 11.5 Å². The Bertz CT molecular complexity index is 1640. The number of carbonyl (C=O) groups is 2. The SMILES string of the molecule is COc1cc2c(=O)n(Cc3ccc(C(=O)NC(C)C)cc3)c(=O)n(CC(=O)NCc3ccccc3)c2cc1OC. The first-order valence-electron chi connectivity index (χ1n) is 12.8. The monoisotopic (exact) mass is 544 g/mol. The third kappa shape index (κ3) is 6.23. The fourth-order valence-electron chi connectivity index (χ4n) is 4.32. The Balaban J connectivity index is 1.73. The third-order valence-electron chi connectivity index (χ3n) is 6.34. The van der Waals surface area contributed by atoms with Gasteiger partial charge in [-0.15, -0.1) is 0 Å². The molecule has 0 saturated carbocycles. The summed E-state index contributed by atoms with van der Waals surface area (Å²) in [6.07, 6.45) is 0. The Morgan fingerprint density at radius 3 is 2.12 bits per heavy atom. The third-order valence-corrected chi connectivity index (χ3v) is 6.34. The fourth-order valence-corrected chi connectivity index (χ4v) is 4.32. The molecule has 3 aromatic carbocycles. The summed E-state index contributed by atoms with van der Waals surface area (Å²) in [4.78, 5) is 52.5. The molecule has 0 bridgehead atoms. The van der Waals surface area contributed by atoms with E-state index in [4.69, 9.17) is 9.47 Å². The molecule has 0 fully saturated rings. The molecule has 0 atom stereocenters. The number of fused-ring (bicyclic) bond motifs is 1. The molecule has 1 aromatic heterocycles. The molecule has 0 aliphatic rings. The van der Waals surface area contributed by atoms with Crippen molar-refractivity contribution in [3.63, 3.8) is 0 Å². The molecule has 208 valence electrons. The molecular formula is C30H32N4O6. The van der Waals surface area contributed by atoms with Crippen molar-refractivity contribution in [3.05, 3.63) is 104 Å². The molecule has 2 amide bonds. The van der Waals surface area contributed by atoms with E-state index in [1.807, 2.05) is 44.2 Å². The second-order valence-corrected chi connectivity index (χ2v) is 9.57. The van der Waals surface area contributed by atoms with E-state index < -0.39 is 17.2 Å². The number of benzene rings is 3. The maximum atomic E-state index is 13.7. The first kappa shape index (κ1) is 28.2. The standard InChI is InChI=1S/C30H32N4O6/c1-19(2)32-28(36)22-12-10-21(11-13-22)17-34-29(37)23-14-25(39-3)26(40-4)15-24(23)33(30(34)38)18-27(35)31-16-20-8-6-5-7-9-20/h5-15,19H,16-18H2,1-4H3,(H,31,35)(H,32,36). The molecule has 0 radical (unpaired) electrons. The first-order valence-corrected chi connectivity index (χ1v) is 12.8. The highest BCUT2D eigenvalue weighted by molar-refractivity contribution is 5.94. The maximum Gasteiger partial charge on any atom is 0.332 e. The van der Waals surface area contributed by atoms with Crippen molar-refractivity contribution in [2.24, 2.45) is 0 Å². The van der Waals surface area contributed by atoms with Gasteiger partial charge in [0.15, 0.2) is 11.5 Å². The normalized spacial score (nSPS) is 10.9. The van der Waals surface area contributed by atoms with Crippen molar-refractivity contribution in [1.82, 2.24) is 19.8 Å². The lowest BCUT2D eigenvalue weighted by atomic mass is 10.1. The number of ether oxygens (including phenoxy) is 2. The molecule has 4 rings (SSSR count). The highest BCUT2D eigenvalue weighted by Gasteiger charge is 2.19. The minimum atomic E-state index is -0.652. The van der Waals surface area contributed by atoms with Gasteiger partial charge in [-0.3, -0.25) is 23.5 Å². The molecule has 10 nitrogen and oxygen atoms in total. The molecular weight excluding hydrogens is 512 g/mol. The minimum absolute atomic E-state index is 0.0117. The van der Waals surface area contributed by atoms with Crippen molar-refractivity contribution in [2.75, 3.05) is 14.2 Å². The molecule has 0 spiro atoms. The molecule has 1 heterocycles. The molecule has 0 saturated heterocycles. The second kappa shape index (κ2) is 12.3. The summed E-state index contributed by atoms with van der Waals surface area (Å²) < 4.78 is 13.1. The van der Waals surface area contributed by atoms with Crippen LogP contribution in [0.1, 0.15) is 35.3 Å². The quantitative estimate of drug-likeness (QED) is 0.317. The van der Waals surface area contributed by atoms with E-state index in [1.165, 1.54) is 30.9 Å². The van der Waals surface area contributed by atoms with Crippen LogP contribution in [0, 0.1) is 0 Å².